The summed E-state index contributed by atoms with van der Waals surface area (Å²) in [5.74, 6) is -0.760. The van der Waals surface area contributed by atoms with Gasteiger partial charge in [-0.25, -0.2) is 4.57 Å². The van der Waals surface area contributed by atoms with E-state index in [-0.39, 0.29) is 38.4 Å². The van der Waals surface area contributed by atoms with Crippen molar-refractivity contribution < 1.29 is 42.4 Å². The third kappa shape index (κ3) is 39.4. The average Bonchev–Trinajstić information content (AvgIpc) is 3.18. The maximum atomic E-state index is 12.6. The van der Waals surface area contributed by atoms with Crippen LogP contribution in [0.15, 0.2) is 72.9 Å². The summed E-state index contributed by atoms with van der Waals surface area (Å²) in [6.07, 6.45) is 44.8. The van der Waals surface area contributed by atoms with E-state index in [9.17, 15) is 23.8 Å². The van der Waals surface area contributed by atoms with Gasteiger partial charge in [0.2, 0.25) is 0 Å². The zero-order valence-electron chi connectivity index (χ0n) is 34.8. The van der Waals surface area contributed by atoms with Crippen molar-refractivity contribution in [2.24, 2.45) is 5.73 Å². The van der Waals surface area contributed by atoms with Gasteiger partial charge in [-0.15, -0.1) is 0 Å². The van der Waals surface area contributed by atoms with Gasteiger partial charge >= 0.3 is 19.8 Å². The summed E-state index contributed by atoms with van der Waals surface area (Å²) >= 11 is 0. The van der Waals surface area contributed by atoms with Gasteiger partial charge in [0.05, 0.1) is 13.2 Å². The molecular weight excluding hydrogens is 729 g/mol. The van der Waals surface area contributed by atoms with E-state index < -0.39 is 32.5 Å². The number of hydrogen-bond donors (Lipinski definition) is 2. The molecule has 2 atom stereocenters. The minimum atomic E-state index is -4.41. The molecule has 1 unspecified atom stereocenters. The van der Waals surface area contributed by atoms with Gasteiger partial charge in [-0.2, -0.15) is 0 Å². The van der Waals surface area contributed by atoms with Crippen LogP contribution >= 0.6 is 7.82 Å². The fraction of sp³-hybridized carbons (Fsp3) is 0.667. The van der Waals surface area contributed by atoms with Gasteiger partial charge in [0.1, 0.15) is 6.61 Å². The minimum Gasteiger partial charge on any atom is -0.462 e. The van der Waals surface area contributed by atoms with Crippen molar-refractivity contribution in [1.29, 1.82) is 0 Å². The summed E-state index contributed by atoms with van der Waals surface area (Å²) in [5.41, 5.74) is 5.34. The maximum absolute atomic E-state index is 12.6. The van der Waals surface area contributed by atoms with Crippen LogP contribution in [0, 0.1) is 0 Å². The molecule has 0 aliphatic carbocycles. The largest absolute Gasteiger partial charge is 0.472 e. The lowest BCUT2D eigenvalue weighted by molar-refractivity contribution is -0.161. The van der Waals surface area contributed by atoms with Crippen molar-refractivity contribution in [3.05, 3.63) is 72.9 Å². The number of phosphoric ester groups is 1. The molecule has 0 radical (unpaired) electrons. The Morgan fingerprint density at radius 3 is 1.71 bits per heavy atom. The van der Waals surface area contributed by atoms with E-state index in [4.69, 9.17) is 24.3 Å². The summed E-state index contributed by atoms with van der Waals surface area (Å²) in [5, 5.41) is 0. The van der Waals surface area contributed by atoms with Crippen LogP contribution < -0.4 is 5.73 Å². The SMILES string of the molecule is CCCCC/C=C\C/C=C\C/C=C\C/C=C\CCCCCC(=O)O[C@H](COC(=O)CCCCCCC/C=C\C=C\C(=O)CCCCC)COP(=O)(O)OCCN. The van der Waals surface area contributed by atoms with Crippen LogP contribution in [0.4, 0.5) is 0 Å². The number of rotatable bonds is 39. The minimum absolute atomic E-state index is 0.0312. The fourth-order valence-electron chi connectivity index (χ4n) is 5.30. The average molecular weight is 806 g/mol. The van der Waals surface area contributed by atoms with E-state index in [1.54, 1.807) is 6.08 Å². The molecule has 0 heterocycles. The van der Waals surface area contributed by atoms with Crippen LogP contribution in [0.2, 0.25) is 0 Å². The number of carbonyl (C=O) groups is 3. The van der Waals surface area contributed by atoms with Gasteiger partial charge in [0.25, 0.3) is 0 Å². The Morgan fingerprint density at radius 2 is 1.09 bits per heavy atom. The number of ether oxygens (including phenoxy) is 2. The molecule has 11 heteroatoms. The summed E-state index contributed by atoms with van der Waals surface area (Å²) in [4.78, 5) is 46.6. The summed E-state index contributed by atoms with van der Waals surface area (Å²) in [7, 11) is -4.41. The Hall–Kier alpha value is -2.88. The number of ketones is 1. The highest BCUT2D eigenvalue weighted by atomic mass is 31.2. The number of allylic oxidation sites excluding steroid dienone is 12. The lowest BCUT2D eigenvalue weighted by atomic mass is 10.1. The third-order valence-electron chi connectivity index (χ3n) is 8.54. The van der Waals surface area contributed by atoms with Gasteiger partial charge in [-0.3, -0.25) is 23.4 Å². The van der Waals surface area contributed by atoms with Gasteiger partial charge < -0.3 is 20.1 Å². The van der Waals surface area contributed by atoms with Crippen LogP contribution in [0.5, 0.6) is 0 Å². The molecule has 0 aromatic rings. The van der Waals surface area contributed by atoms with Crippen molar-refractivity contribution in [3.63, 3.8) is 0 Å². The second-order valence-electron chi connectivity index (χ2n) is 13.9. The Bertz CT molecular complexity index is 1210. The highest BCUT2D eigenvalue weighted by molar-refractivity contribution is 7.47. The number of carbonyl (C=O) groups excluding carboxylic acids is 3. The molecule has 0 aliphatic rings. The first-order chi connectivity index (χ1) is 27.2. The highest BCUT2D eigenvalue weighted by Gasteiger charge is 2.26. The summed E-state index contributed by atoms with van der Waals surface area (Å²) in [6, 6.07) is 0. The molecule has 0 spiro atoms. The second-order valence-corrected chi connectivity index (χ2v) is 15.3. The zero-order chi connectivity index (χ0) is 41.2. The van der Waals surface area contributed by atoms with E-state index in [1.165, 1.54) is 25.7 Å². The number of phosphoric acid groups is 1. The molecule has 0 rings (SSSR count). The molecular formula is C45H76NO9P. The lowest BCUT2D eigenvalue weighted by Gasteiger charge is -2.19. The molecule has 0 aromatic carbocycles. The highest BCUT2D eigenvalue weighted by Crippen LogP contribution is 2.43. The molecule has 0 fully saturated rings. The Labute approximate surface area is 339 Å². The lowest BCUT2D eigenvalue weighted by Crippen LogP contribution is -2.29. The smallest absolute Gasteiger partial charge is 0.462 e. The summed E-state index contributed by atoms with van der Waals surface area (Å²) < 4.78 is 32.7. The monoisotopic (exact) mass is 806 g/mol. The van der Waals surface area contributed by atoms with E-state index in [1.807, 2.05) is 12.2 Å². The van der Waals surface area contributed by atoms with Gasteiger partial charge in [0.15, 0.2) is 11.9 Å². The number of hydrogen-bond acceptors (Lipinski definition) is 9. The Kier molecular flexibility index (Phi) is 38.2. The molecule has 10 nitrogen and oxygen atoms in total. The maximum Gasteiger partial charge on any atom is 0.472 e. The standard InChI is InChI=1S/C45H76NO9P/c1-3-5-7-8-9-10-11-12-13-14-15-16-17-18-19-22-26-29-33-37-45(49)55-43(41-54-56(50,51)53-39-38-46)40-52-44(48)36-32-28-25-23-20-21-24-27-31-35-42(47)34-30-6-4-2/h9-10,12-13,15-16,18-19,24,27,31,35,43H,3-8,11,14,17,20-23,25-26,28-30,32-34,36-41,46H2,1-2H3,(H,50,51)/b10-9-,13-12-,16-15-,19-18-,27-24-,35-31+/t43-/m1/s1. The van der Waals surface area contributed by atoms with Crippen molar-refractivity contribution in [1.82, 2.24) is 0 Å². The molecule has 0 aromatic heterocycles. The fourth-order valence-corrected chi connectivity index (χ4v) is 6.07. The Morgan fingerprint density at radius 1 is 0.589 bits per heavy atom. The molecule has 0 bridgehead atoms. The van der Waals surface area contributed by atoms with Crippen LogP contribution in [0.25, 0.3) is 0 Å². The van der Waals surface area contributed by atoms with E-state index in [0.717, 1.165) is 89.9 Å². The van der Waals surface area contributed by atoms with Crippen LogP contribution in [-0.4, -0.2) is 55.1 Å². The van der Waals surface area contributed by atoms with Gasteiger partial charge in [-0.05, 0) is 83.1 Å². The van der Waals surface area contributed by atoms with E-state index >= 15 is 0 Å². The van der Waals surface area contributed by atoms with Crippen molar-refractivity contribution in [3.8, 4) is 0 Å². The molecule has 0 aliphatic heterocycles. The molecule has 3 N–H and O–H groups in total. The third-order valence-corrected chi connectivity index (χ3v) is 9.53. The number of esters is 2. The van der Waals surface area contributed by atoms with Crippen LogP contribution in [0.3, 0.4) is 0 Å². The van der Waals surface area contributed by atoms with Gasteiger partial charge in [-0.1, -0.05) is 132 Å². The first kappa shape index (κ1) is 53.1. The first-order valence-corrected chi connectivity index (χ1v) is 22.9. The zero-order valence-corrected chi connectivity index (χ0v) is 35.7. The molecule has 0 saturated heterocycles. The molecule has 0 amide bonds. The molecule has 56 heavy (non-hydrogen) atoms. The summed E-state index contributed by atoms with van der Waals surface area (Å²) in [6.45, 7) is 3.44. The normalized spacial score (nSPS) is 13.9. The number of nitrogens with two attached hydrogens (primary N) is 1. The predicted octanol–water partition coefficient (Wildman–Crippen LogP) is 11.5. The van der Waals surface area contributed by atoms with E-state index in [2.05, 4.69) is 68.5 Å². The number of unbranched alkanes of at least 4 members (excludes halogenated alkanes) is 13. The molecule has 320 valence electrons. The van der Waals surface area contributed by atoms with Crippen molar-refractivity contribution in [2.45, 2.75) is 168 Å². The van der Waals surface area contributed by atoms with Crippen LogP contribution in [0.1, 0.15) is 162 Å². The van der Waals surface area contributed by atoms with Crippen LogP contribution in [-0.2, 0) is 37.5 Å². The van der Waals surface area contributed by atoms with Gasteiger partial charge in [0, 0.05) is 25.8 Å². The first-order valence-electron chi connectivity index (χ1n) is 21.4. The Balaban J connectivity index is 4.32. The second kappa shape index (κ2) is 40.3. The topological polar surface area (TPSA) is 151 Å². The van der Waals surface area contributed by atoms with Crippen molar-refractivity contribution >= 4 is 25.5 Å². The van der Waals surface area contributed by atoms with E-state index in [0.29, 0.717) is 19.3 Å². The molecule has 0 saturated carbocycles. The predicted molar refractivity (Wildman–Crippen MR) is 229 cm³/mol. The van der Waals surface area contributed by atoms with Crippen molar-refractivity contribution in [2.75, 3.05) is 26.4 Å². The quantitative estimate of drug-likeness (QED) is 0.0153.